The van der Waals surface area contributed by atoms with E-state index < -0.39 is 26.7 Å². The van der Waals surface area contributed by atoms with Gasteiger partial charge in [-0.2, -0.15) is 0 Å². The number of aliphatic hydroxyl groups excluding tert-OH is 1. The van der Waals surface area contributed by atoms with E-state index in [1.54, 1.807) is 25.5 Å². The maximum atomic E-state index is 14.8. The molecule has 172 valence electrons. The number of fused-ring (bicyclic) bond motifs is 1. The lowest BCUT2D eigenvalue weighted by Crippen LogP contribution is -2.16. The molecular weight excluding hydrogens is 447 g/mol. The van der Waals surface area contributed by atoms with Gasteiger partial charge < -0.3 is 20.7 Å². The lowest BCUT2D eigenvalue weighted by molar-refractivity contribution is 0.208. The molecule has 0 spiro atoms. The Labute approximate surface area is 190 Å². The maximum Gasteiger partial charge on any atom is 0.227 e. The molecule has 0 bridgehead atoms. The number of pyridine rings is 1. The largest absolute Gasteiger partial charge is 0.392 e. The van der Waals surface area contributed by atoms with Gasteiger partial charge in [0.25, 0.3) is 0 Å². The Kier molecular flexibility index (Phi) is 6.00. The molecule has 0 aliphatic carbocycles. The molecule has 0 saturated carbocycles. The molecule has 0 radical (unpaired) electrons. The van der Waals surface area contributed by atoms with Crippen LogP contribution in [0.2, 0.25) is 0 Å². The highest BCUT2D eigenvalue weighted by Gasteiger charge is 2.18. The van der Waals surface area contributed by atoms with Crippen molar-refractivity contribution in [2.75, 3.05) is 23.4 Å². The smallest absolute Gasteiger partial charge is 0.227 e. The number of aromatic nitrogens is 4. The van der Waals surface area contributed by atoms with Crippen molar-refractivity contribution < 1.29 is 17.9 Å². The highest BCUT2D eigenvalue weighted by Crippen LogP contribution is 2.33. The molecule has 0 aliphatic heterocycles. The number of hydrogen-bond acceptors (Lipinski definition) is 8. The summed E-state index contributed by atoms with van der Waals surface area (Å²) in [6.45, 7) is 3.89. The summed E-state index contributed by atoms with van der Waals surface area (Å²) in [5.41, 5.74) is 2.92. The fraction of sp³-hybridized carbons (Fsp3) is 0.227. The predicted molar refractivity (Wildman–Crippen MR) is 125 cm³/mol. The SMILES string of the molecule is Cc1cnc(Nc2cccc(S(C)(=O)=O)c2F)nc1-c1c[nH]c2c(NCC(C)O)nccc12. The molecule has 4 N–H and O–H groups in total. The summed E-state index contributed by atoms with van der Waals surface area (Å²) < 4.78 is 38.4. The van der Waals surface area contributed by atoms with Crippen molar-refractivity contribution in [3.05, 3.63) is 54.2 Å². The minimum atomic E-state index is -3.72. The number of sulfone groups is 1. The molecule has 1 atom stereocenters. The lowest BCUT2D eigenvalue weighted by Gasteiger charge is -2.11. The van der Waals surface area contributed by atoms with E-state index in [9.17, 15) is 17.9 Å². The van der Waals surface area contributed by atoms with Gasteiger partial charge in [-0.3, -0.25) is 0 Å². The minimum Gasteiger partial charge on any atom is -0.392 e. The zero-order valence-electron chi connectivity index (χ0n) is 18.2. The molecule has 9 nitrogen and oxygen atoms in total. The monoisotopic (exact) mass is 470 g/mol. The van der Waals surface area contributed by atoms with Crippen LogP contribution in [0, 0.1) is 12.7 Å². The summed E-state index contributed by atoms with van der Waals surface area (Å²) in [5.74, 6) is -0.168. The number of anilines is 3. The van der Waals surface area contributed by atoms with Crippen LogP contribution in [0.5, 0.6) is 0 Å². The Bertz CT molecular complexity index is 1440. The molecule has 3 aromatic heterocycles. The summed E-state index contributed by atoms with van der Waals surface area (Å²) in [5, 5.41) is 16.3. The number of nitrogens with one attached hydrogen (secondary N) is 3. The average Bonchev–Trinajstić information content (AvgIpc) is 3.18. The molecule has 4 rings (SSSR count). The van der Waals surface area contributed by atoms with Gasteiger partial charge in [-0.05, 0) is 37.6 Å². The van der Waals surface area contributed by atoms with Crippen molar-refractivity contribution in [2.45, 2.75) is 24.8 Å². The van der Waals surface area contributed by atoms with Gasteiger partial charge in [-0.1, -0.05) is 6.07 Å². The molecule has 0 amide bonds. The molecule has 0 fully saturated rings. The quantitative estimate of drug-likeness (QED) is 0.323. The first-order valence-corrected chi connectivity index (χ1v) is 12.0. The number of hydrogen-bond donors (Lipinski definition) is 4. The van der Waals surface area contributed by atoms with Crippen molar-refractivity contribution in [1.82, 2.24) is 19.9 Å². The molecule has 0 aliphatic rings. The van der Waals surface area contributed by atoms with Gasteiger partial charge in [-0.15, -0.1) is 0 Å². The van der Waals surface area contributed by atoms with Gasteiger partial charge in [0.2, 0.25) is 5.95 Å². The highest BCUT2D eigenvalue weighted by molar-refractivity contribution is 7.90. The molecule has 1 aromatic carbocycles. The highest BCUT2D eigenvalue weighted by atomic mass is 32.2. The molecule has 33 heavy (non-hydrogen) atoms. The number of rotatable bonds is 7. The predicted octanol–water partition coefficient (Wildman–Crippen LogP) is 3.41. The standard InChI is InChI=1S/C22H23FN6O3S/c1-12-9-27-22(28-16-5-4-6-17(18(16)23)33(3,31)32)29-19(12)15-11-25-20-14(15)7-8-24-21(20)26-10-13(2)30/h4-9,11,13,25,30H,10H2,1-3H3,(H,24,26)(H,27,28,29). The van der Waals surface area contributed by atoms with E-state index in [1.807, 2.05) is 13.0 Å². The number of benzene rings is 1. The average molecular weight is 471 g/mol. The van der Waals surface area contributed by atoms with Gasteiger partial charge >= 0.3 is 0 Å². The van der Waals surface area contributed by atoms with Crippen LogP contribution in [-0.4, -0.2) is 52.4 Å². The Morgan fingerprint density at radius 1 is 1.24 bits per heavy atom. The van der Waals surface area contributed by atoms with Gasteiger partial charge in [0.15, 0.2) is 15.7 Å². The van der Waals surface area contributed by atoms with Crippen molar-refractivity contribution in [1.29, 1.82) is 0 Å². The first kappa shape index (κ1) is 22.6. The normalized spacial score (nSPS) is 12.6. The maximum absolute atomic E-state index is 14.8. The van der Waals surface area contributed by atoms with Crippen LogP contribution in [0.15, 0.2) is 47.8 Å². The zero-order valence-corrected chi connectivity index (χ0v) is 19.0. The van der Waals surface area contributed by atoms with Crippen LogP contribution in [0.1, 0.15) is 12.5 Å². The van der Waals surface area contributed by atoms with E-state index in [1.165, 1.54) is 18.2 Å². The van der Waals surface area contributed by atoms with Gasteiger partial charge in [0.05, 0.1) is 23.0 Å². The van der Waals surface area contributed by atoms with Crippen LogP contribution in [0.4, 0.5) is 21.8 Å². The van der Waals surface area contributed by atoms with Gasteiger partial charge in [0, 0.05) is 42.3 Å². The summed E-state index contributed by atoms with van der Waals surface area (Å²) >= 11 is 0. The fourth-order valence-corrected chi connectivity index (χ4v) is 4.18. The van der Waals surface area contributed by atoms with E-state index in [0.717, 1.165) is 28.3 Å². The molecule has 0 saturated heterocycles. The minimum absolute atomic E-state index is 0.0412. The fourth-order valence-electron chi connectivity index (χ4n) is 3.42. The van der Waals surface area contributed by atoms with Gasteiger partial charge in [0.1, 0.15) is 10.7 Å². The number of halogens is 1. The molecule has 1 unspecified atom stereocenters. The third kappa shape index (κ3) is 4.64. The summed E-state index contributed by atoms with van der Waals surface area (Å²) in [7, 11) is -3.72. The number of nitrogens with zero attached hydrogens (tertiary/aromatic N) is 3. The zero-order chi connectivity index (χ0) is 23.8. The van der Waals surface area contributed by atoms with E-state index in [4.69, 9.17) is 0 Å². The van der Waals surface area contributed by atoms with Crippen LogP contribution >= 0.6 is 0 Å². The Morgan fingerprint density at radius 3 is 2.76 bits per heavy atom. The summed E-state index contributed by atoms with van der Waals surface area (Å²) in [6.07, 6.45) is 5.48. The molecule has 3 heterocycles. The van der Waals surface area contributed by atoms with Crippen molar-refractivity contribution in [2.24, 2.45) is 0 Å². The molecule has 11 heteroatoms. The number of aliphatic hydroxyl groups is 1. The summed E-state index contributed by atoms with van der Waals surface area (Å²) in [4.78, 5) is 15.9. The van der Waals surface area contributed by atoms with Crippen molar-refractivity contribution >= 4 is 38.2 Å². The van der Waals surface area contributed by atoms with Crippen molar-refractivity contribution in [3.63, 3.8) is 0 Å². The Hall–Kier alpha value is -3.57. The topological polar surface area (TPSA) is 133 Å². The number of H-pyrrole nitrogens is 1. The van der Waals surface area contributed by atoms with Crippen LogP contribution in [0.25, 0.3) is 22.2 Å². The molecular formula is C22H23FN6O3S. The first-order chi connectivity index (χ1) is 15.6. The second-order valence-electron chi connectivity index (χ2n) is 7.75. The van der Waals surface area contributed by atoms with Crippen molar-refractivity contribution in [3.8, 4) is 11.3 Å². The van der Waals surface area contributed by atoms with E-state index in [0.29, 0.717) is 18.1 Å². The van der Waals surface area contributed by atoms with E-state index >= 15 is 0 Å². The van der Waals surface area contributed by atoms with E-state index in [-0.39, 0.29) is 11.6 Å². The van der Waals surface area contributed by atoms with Crippen LogP contribution in [0.3, 0.4) is 0 Å². The van der Waals surface area contributed by atoms with Crippen LogP contribution in [-0.2, 0) is 9.84 Å². The third-order valence-corrected chi connectivity index (χ3v) is 6.12. The number of aromatic amines is 1. The van der Waals surface area contributed by atoms with Gasteiger partial charge in [-0.25, -0.2) is 27.8 Å². The van der Waals surface area contributed by atoms with Crippen LogP contribution < -0.4 is 10.6 Å². The second kappa shape index (κ2) is 8.75. The number of aryl methyl sites for hydroxylation is 1. The molecule has 4 aromatic rings. The second-order valence-corrected chi connectivity index (χ2v) is 9.74. The van der Waals surface area contributed by atoms with E-state index in [2.05, 4.69) is 30.6 Å². The first-order valence-electron chi connectivity index (χ1n) is 10.1. The Morgan fingerprint density at radius 2 is 2.03 bits per heavy atom. The lowest BCUT2D eigenvalue weighted by atomic mass is 10.1. The third-order valence-electron chi connectivity index (χ3n) is 5.00. The Balaban J connectivity index is 1.72. The summed E-state index contributed by atoms with van der Waals surface area (Å²) in [6, 6.07) is 5.93.